The average Bonchev–Trinajstić information content (AvgIpc) is 2.78. The van der Waals surface area contributed by atoms with Gasteiger partial charge in [-0.1, -0.05) is 54.1 Å². The molecule has 1 unspecified atom stereocenters. The van der Waals surface area contributed by atoms with Crippen molar-refractivity contribution in [2.75, 3.05) is 5.73 Å². The summed E-state index contributed by atoms with van der Waals surface area (Å²) >= 11 is 5.97. The van der Waals surface area contributed by atoms with Crippen LogP contribution in [0.15, 0.2) is 48.7 Å². The first kappa shape index (κ1) is 12.1. The number of fused-ring (bicyclic) bond motifs is 1. The van der Waals surface area contributed by atoms with Crippen LogP contribution in [0.5, 0.6) is 0 Å². The van der Waals surface area contributed by atoms with E-state index in [4.69, 9.17) is 17.3 Å². The van der Waals surface area contributed by atoms with E-state index >= 15 is 0 Å². The second-order valence-electron chi connectivity index (χ2n) is 4.57. The Morgan fingerprint density at radius 2 is 1.89 bits per heavy atom. The monoisotopic (exact) mass is 271 g/mol. The van der Waals surface area contributed by atoms with Crippen molar-refractivity contribution in [3.8, 4) is 0 Å². The predicted molar refractivity (Wildman–Crippen MR) is 79.4 cm³/mol. The molecule has 0 aliphatic rings. The molecular formula is C15H14ClN3. The third kappa shape index (κ3) is 1.96. The largest absolute Gasteiger partial charge is 0.383 e. The zero-order valence-electron chi connectivity index (χ0n) is 10.5. The van der Waals surface area contributed by atoms with Gasteiger partial charge in [0.15, 0.2) is 0 Å². The number of nitrogens with two attached hydrogens (primary N) is 1. The fourth-order valence-corrected chi connectivity index (χ4v) is 2.54. The summed E-state index contributed by atoms with van der Waals surface area (Å²) in [6, 6.07) is 14.6. The lowest BCUT2D eigenvalue weighted by Gasteiger charge is -2.16. The molecule has 0 bridgehead atoms. The molecule has 96 valence electrons. The number of aromatic nitrogens is 2. The van der Waals surface area contributed by atoms with E-state index in [-0.39, 0.29) is 6.04 Å². The Balaban J connectivity index is 2.17. The molecule has 2 aromatic carbocycles. The standard InChI is InChI=1S/C15H14ClN3/c1-10(19-15(17)14(16)9-18-19)12-8-4-6-11-5-2-3-7-13(11)12/h2-10H,17H2,1H3. The van der Waals surface area contributed by atoms with Crippen LogP contribution in [-0.4, -0.2) is 9.78 Å². The molecule has 1 heterocycles. The van der Waals surface area contributed by atoms with Gasteiger partial charge in [0, 0.05) is 0 Å². The third-order valence-corrected chi connectivity index (χ3v) is 3.72. The number of halogens is 1. The fraction of sp³-hybridized carbons (Fsp3) is 0.133. The molecule has 2 N–H and O–H groups in total. The van der Waals surface area contributed by atoms with E-state index in [1.807, 2.05) is 12.1 Å². The summed E-state index contributed by atoms with van der Waals surface area (Å²) in [6.45, 7) is 2.07. The zero-order valence-corrected chi connectivity index (χ0v) is 11.3. The second kappa shape index (κ2) is 4.59. The molecule has 3 aromatic rings. The first-order valence-electron chi connectivity index (χ1n) is 6.14. The molecule has 1 atom stereocenters. The van der Waals surface area contributed by atoms with Gasteiger partial charge in [-0.3, -0.25) is 0 Å². The second-order valence-corrected chi connectivity index (χ2v) is 4.97. The minimum Gasteiger partial charge on any atom is -0.383 e. The van der Waals surface area contributed by atoms with Gasteiger partial charge >= 0.3 is 0 Å². The number of anilines is 1. The summed E-state index contributed by atoms with van der Waals surface area (Å²) in [5.41, 5.74) is 7.14. The molecule has 0 aliphatic carbocycles. The van der Waals surface area contributed by atoms with Crippen molar-refractivity contribution in [1.29, 1.82) is 0 Å². The Kier molecular flexibility index (Phi) is 2.91. The number of nitrogen functional groups attached to an aromatic ring is 1. The third-order valence-electron chi connectivity index (χ3n) is 3.43. The molecule has 0 saturated carbocycles. The molecule has 0 radical (unpaired) electrons. The van der Waals surface area contributed by atoms with Crippen LogP contribution in [0.1, 0.15) is 18.5 Å². The molecule has 1 aromatic heterocycles. The number of rotatable bonds is 2. The lowest BCUT2D eigenvalue weighted by Crippen LogP contribution is -2.11. The van der Waals surface area contributed by atoms with E-state index < -0.39 is 0 Å². The highest BCUT2D eigenvalue weighted by Crippen LogP contribution is 2.29. The SMILES string of the molecule is CC(c1cccc2ccccc12)n1ncc(Cl)c1N. The van der Waals surface area contributed by atoms with E-state index in [2.05, 4.69) is 42.4 Å². The van der Waals surface area contributed by atoms with Crippen molar-refractivity contribution in [3.63, 3.8) is 0 Å². The molecule has 3 rings (SSSR count). The van der Waals surface area contributed by atoms with Crippen molar-refractivity contribution < 1.29 is 0 Å². The van der Waals surface area contributed by atoms with Crippen LogP contribution in [0.3, 0.4) is 0 Å². The maximum Gasteiger partial charge on any atom is 0.141 e. The van der Waals surface area contributed by atoms with Crippen LogP contribution in [0.4, 0.5) is 5.82 Å². The first-order chi connectivity index (χ1) is 9.18. The minimum absolute atomic E-state index is 0.0404. The molecule has 0 saturated heterocycles. The highest BCUT2D eigenvalue weighted by atomic mass is 35.5. The topological polar surface area (TPSA) is 43.8 Å². The highest BCUT2D eigenvalue weighted by Gasteiger charge is 2.15. The number of benzene rings is 2. The van der Waals surface area contributed by atoms with E-state index in [0.29, 0.717) is 10.8 Å². The van der Waals surface area contributed by atoms with Gasteiger partial charge in [0.25, 0.3) is 0 Å². The van der Waals surface area contributed by atoms with E-state index in [9.17, 15) is 0 Å². The smallest absolute Gasteiger partial charge is 0.141 e. The van der Waals surface area contributed by atoms with Crippen molar-refractivity contribution in [1.82, 2.24) is 9.78 Å². The van der Waals surface area contributed by atoms with Crippen LogP contribution in [0.2, 0.25) is 5.02 Å². The molecule has 19 heavy (non-hydrogen) atoms. The number of hydrogen-bond donors (Lipinski definition) is 1. The van der Waals surface area contributed by atoms with Gasteiger partial charge in [0.05, 0.1) is 12.2 Å². The predicted octanol–water partition coefficient (Wildman–Crippen LogP) is 3.88. The maximum atomic E-state index is 5.97. The Bertz CT molecular complexity index is 728. The van der Waals surface area contributed by atoms with Crippen molar-refractivity contribution in [2.24, 2.45) is 0 Å². The Morgan fingerprint density at radius 3 is 2.63 bits per heavy atom. The Labute approximate surface area is 116 Å². The summed E-state index contributed by atoms with van der Waals surface area (Å²) in [7, 11) is 0. The van der Waals surface area contributed by atoms with Gasteiger partial charge < -0.3 is 5.73 Å². The van der Waals surface area contributed by atoms with Gasteiger partial charge in [0.2, 0.25) is 0 Å². The molecule has 3 nitrogen and oxygen atoms in total. The van der Waals surface area contributed by atoms with Gasteiger partial charge in [-0.05, 0) is 23.3 Å². The summed E-state index contributed by atoms with van der Waals surface area (Å²) in [5.74, 6) is 0.502. The van der Waals surface area contributed by atoms with Crippen LogP contribution in [-0.2, 0) is 0 Å². The van der Waals surface area contributed by atoms with Crippen molar-refractivity contribution in [3.05, 3.63) is 59.2 Å². The lowest BCUT2D eigenvalue weighted by molar-refractivity contribution is 0.576. The van der Waals surface area contributed by atoms with Crippen LogP contribution < -0.4 is 5.73 Å². The molecule has 0 amide bonds. The summed E-state index contributed by atoms with van der Waals surface area (Å²) in [5, 5.41) is 7.17. The van der Waals surface area contributed by atoms with E-state index in [0.717, 1.165) is 0 Å². The average molecular weight is 272 g/mol. The summed E-state index contributed by atoms with van der Waals surface area (Å²) in [4.78, 5) is 0. The normalized spacial score (nSPS) is 12.7. The van der Waals surface area contributed by atoms with Gasteiger partial charge in [-0.25, -0.2) is 4.68 Å². The zero-order chi connectivity index (χ0) is 13.4. The van der Waals surface area contributed by atoms with E-state index in [1.54, 1.807) is 10.9 Å². The Hall–Kier alpha value is -2.00. The van der Waals surface area contributed by atoms with Crippen molar-refractivity contribution in [2.45, 2.75) is 13.0 Å². The van der Waals surface area contributed by atoms with Crippen LogP contribution >= 0.6 is 11.6 Å². The summed E-state index contributed by atoms with van der Waals surface area (Å²) < 4.78 is 1.75. The summed E-state index contributed by atoms with van der Waals surface area (Å²) in [6.07, 6.45) is 1.58. The number of hydrogen-bond acceptors (Lipinski definition) is 2. The molecular weight excluding hydrogens is 258 g/mol. The van der Waals surface area contributed by atoms with Gasteiger partial charge in [-0.15, -0.1) is 0 Å². The fourth-order valence-electron chi connectivity index (χ4n) is 2.41. The van der Waals surface area contributed by atoms with Crippen LogP contribution in [0, 0.1) is 0 Å². The Morgan fingerprint density at radius 1 is 1.16 bits per heavy atom. The lowest BCUT2D eigenvalue weighted by atomic mass is 10.00. The van der Waals surface area contributed by atoms with Crippen molar-refractivity contribution >= 4 is 28.2 Å². The van der Waals surface area contributed by atoms with E-state index in [1.165, 1.54) is 16.3 Å². The van der Waals surface area contributed by atoms with Gasteiger partial charge in [0.1, 0.15) is 10.8 Å². The minimum atomic E-state index is 0.0404. The molecule has 0 fully saturated rings. The highest BCUT2D eigenvalue weighted by molar-refractivity contribution is 6.32. The van der Waals surface area contributed by atoms with Gasteiger partial charge in [-0.2, -0.15) is 5.10 Å². The first-order valence-corrected chi connectivity index (χ1v) is 6.52. The molecule has 4 heteroatoms. The maximum absolute atomic E-state index is 5.97. The molecule has 0 spiro atoms. The number of nitrogens with zero attached hydrogens (tertiary/aromatic N) is 2. The van der Waals surface area contributed by atoms with Crippen LogP contribution in [0.25, 0.3) is 10.8 Å². The molecule has 0 aliphatic heterocycles. The quantitative estimate of drug-likeness (QED) is 0.769.